The van der Waals surface area contributed by atoms with Gasteiger partial charge in [0.15, 0.2) is 0 Å². The number of para-hydroxylation sites is 3. The van der Waals surface area contributed by atoms with Crippen LogP contribution in [0.25, 0.3) is 32.7 Å². The quantitative estimate of drug-likeness (QED) is 0.136. The Morgan fingerprint density at radius 1 is 0.554 bits per heavy atom. The van der Waals surface area contributed by atoms with Crippen molar-refractivity contribution >= 4 is 44.0 Å². The second kappa shape index (κ2) is 18.1. The third kappa shape index (κ3) is 7.81. The Morgan fingerprint density at radius 3 is 1.58 bits per heavy atom. The summed E-state index contributed by atoms with van der Waals surface area (Å²) in [7, 11) is 11.4. The lowest BCUT2D eigenvalue weighted by Gasteiger charge is -2.50. The van der Waals surface area contributed by atoms with Gasteiger partial charge in [0.25, 0.3) is 0 Å². The molecular formula is C59H73N5S. The third-order valence-corrected chi connectivity index (χ3v) is 18.1. The second-order valence-corrected chi connectivity index (χ2v) is 21.5. The number of nitrogens with zero attached hydrogens (tertiary/aromatic N) is 3. The molecule has 4 aromatic heterocycles. The van der Waals surface area contributed by atoms with Gasteiger partial charge in [-0.15, -0.1) is 11.3 Å². The first-order chi connectivity index (χ1) is 31.4. The molecule has 0 radical (unpaired) electrons. The molecule has 2 N–H and O–H groups in total. The zero-order valence-corrected chi connectivity index (χ0v) is 41.6. The number of fused-ring (bicyclic) bond motifs is 3. The molecule has 65 heavy (non-hydrogen) atoms. The van der Waals surface area contributed by atoms with Gasteiger partial charge in [0.1, 0.15) is 0 Å². The van der Waals surface area contributed by atoms with Crippen LogP contribution in [-0.2, 0) is 24.3 Å². The molecule has 0 atom stereocenters. The minimum Gasteiger partial charge on any atom is -0.357 e. The number of hydrogen-bond donors (Lipinski definition) is 2. The van der Waals surface area contributed by atoms with E-state index in [0.717, 1.165) is 6.42 Å². The molecule has 4 heterocycles. The van der Waals surface area contributed by atoms with Gasteiger partial charge in [0.2, 0.25) is 0 Å². The molecule has 0 amide bonds. The van der Waals surface area contributed by atoms with E-state index < -0.39 is 0 Å². The monoisotopic (exact) mass is 884 g/mol. The molecule has 6 heteroatoms. The first kappa shape index (κ1) is 45.3. The van der Waals surface area contributed by atoms with Gasteiger partial charge in [-0.05, 0) is 165 Å². The lowest BCUT2D eigenvalue weighted by atomic mass is 9.61. The molecule has 4 aromatic carbocycles. The second-order valence-electron chi connectivity index (χ2n) is 20.5. The largest absolute Gasteiger partial charge is 0.357 e. The Kier molecular flexibility index (Phi) is 12.6. The topological polar surface area (TPSA) is 43.0 Å². The maximum absolute atomic E-state index is 3.94. The molecule has 340 valence electrons. The highest BCUT2D eigenvalue weighted by Crippen LogP contribution is 2.54. The van der Waals surface area contributed by atoms with E-state index in [1.54, 1.807) is 0 Å². The van der Waals surface area contributed by atoms with Gasteiger partial charge in [-0.25, -0.2) is 0 Å². The van der Waals surface area contributed by atoms with Crippen LogP contribution in [-0.4, -0.2) is 63.6 Å². The summed E-state index contributed by atoms with van der Waals surface area (Å²) in [4.78, 5) is 14.4. The number of hydrogen-bond acceptors (Lipinski definition) is 3. The predicted molar refractivity (Wildman–Crippen MR) is 279 cm³/mol. The lowest BCUT2D eigenvalue weighted by molar-refractivity contribution is 0.0637. The average Bonchev–Trinajstić information content (AvgIpc) is 4.13. The van der Waals surface area contributed by atoms with Crippen LogP contribution in [0.4, 0.5) is 0 Å². The Bertz CT molecular complexity index is 2810. The van der Waals surface area contributed by atoms with Gasteiger partial charge >= 0.3 is 0 Å². The van der Waals surface area contributed by atoms with Crippen LogP contribution in [0.1, 0.15) is 122 Å². The predicted octanol–water partition coefficient (Wildman–Crippen LogP) is 14.6. The summed E-state index contributed by atoms with van der Waals surface area (Å²) < 4.78 is 2.50. The highest BCUT2D eigenvalue weighted by Gasteiger charge is 2.50. The van der Waals surface area contributed by atoms with Crippen LogP contribution in [0, 0.1) is 20.8 Å². The van der Waals surface area contributed by atoms with Gasteiger partial charge in [-0.1, -0.05) is 111 Å². The number of likely N-dealkylation sites (N-methyl/N-ethyl adjacent to an activating group) is 1. The van der Waals surface area contributed by atoms with Gasteiger partial charge in [-0.3, -0.25) is 0 Å². The zero-order valence-electron chi connectivity index (χ0n) is 40.8. The standard InChI is InChI=1S/C31H41N3.C28H32N2S/c1-7-8-17-30(33(4)5)18-20-31(21-19-30,28-22(2)24-13-9-11-15-26(24)32-28)29-23(3)25-14-10-12-16-27(25)34(29)6;1-21-23-12-7-8-13-24(23)29-26(21)28(25-14-9-19-31-25)17-15-27(16-18-28,30(2)3)20-22-10-5-4-6-11-22/h9-16,32H,7-8,17-21H2,1-6H3;4-14,19,29H,15-18,20H2,1-3H3. The molecule has 2 aliphatic carbocycles. The van der Waals surface area contributed by atoms with Crippen molar-refractivity contribution in [3.8, 4) is 0 Å². The lowest BCUT2D eigenvalue weighted by Crippen LogP contribution is -2.52. The van der Waals surface area contributed by atoms with E-state index in [-0.39, 0.29) is 16.4 Å². The number of aryl methyl sites for hydroxylation is 4. The van der Waals surface area contributed by atoms with E-state index in [2.05, 4.69) is 208 Å². The van der Waals surface area contributed by atoms with Crippen molar-refractivity contribution in [3.05, 3.63) is 165 Å². The summed E-state index contributed by atoms with van der Waals surface area (Å²) >= 11 is 1.92. The highest BCUT2D eigenvalue weighted by molar-refractivity contribution is 7.10. The van der Waals surface area contributed by atoms with Crippen LogP contribution in [0.3, 0.4) is 0 Å². The normalized spacial score (nSPS) is 23.7. The van der Waals surface area contributed by atoms with E-state index in [9.17, 15) is 0 Å². The molecule has 0 saturated heterocycles. The van der Waals surface area contributed by atoms with Crippen molar-refractivity contribution in [2.75, 3.05) is 28.2 Å². The molecule has 0 bridgehead atoms. The number of thiophene rings is 1. The number of aromatic nitrogens is 3. The molecular weight excluding hydrogens is 811 g/mol. The van der Waals surface area contributed by atoms with Crippen molar-refractivity contribution in [1.29, 1.82) is 0 Å². The van der Waals surface area contributed by atoms with E-state index in [1.807, 2.05) is 11.3 Å². The number of nitrogens with one attached hydrogen (secondary N) is 2. The summed E-state index contributed by atoms with van der Waals surface area (Å²) in [6, 6.07) is 42.2. The van der Waals surface area contributed by atoms with E-state index in [4.69, 9.17) is 0 Å². The summed E-state index contributed by atoms with van der Waals surface area (Å²) in [6.07, 6.45) is 14.5. The average molecular weight is 884 g/mol. The van der Waals surface area contributed by atoms with Crippen molar-refractivity contribution in [2.24, 2.45) is 7.05 Å². The molecule has 0 unspecified atom stereocenters. The Labute approximate surface area is 393 Å². The van der Waals surface area contributed by atoms with Crippen molar-refractivity contribution in [2.45, 2.75) is 127 Å². The molecule has 0 aliphatic heterocycles. The summed E-state index contributed by atoms with van der Waals surface area (Å²) in [5, 5.41) is 6.36. The fourth-order valence-electron chi connectivity index (χ4n) is 13.0. The van der Waals surface area contributed by atoms with E-state index in [0.29, 0.717) is 5.54 Å². The number of H-pyrrole nitrogens is 2. The minimum atomic E-state index is -0.00726. The van der Waals surface area contributed by atoms with Crippen LogP contribution in [0.5, 0.6) is 0 Å². The number of benzene rings is 4. The smallest absolute Gasteiger partial charge is 0.0513 e. The Balaban J connectivity index is 0.000000165. The molecule has 2 fully saturated rings. The maximum atomic E-state index is 3.94. The van der Waals surface area contributed by atoms with Gasteiger partial charge < -0.3 is 24.3 Å². The maximum Gasteiger partial charge on any atom is 0.0513 e. The number of unbranched alkanes of at least 4 members (excludes halogenated alkanes) is 1. The number of rotatable bonds is 11. The summed E-state index contributed by atoms with van der Waals surface area (Å²) in [5.41, 5.74) is 14.6. The van der Waals surface area contributed by atoms with Crippen LogP contribution in [0.15, 0.2) is 121 Å². The molecule has 0 spiro atoms. The van der Waals surface area contributed by atoms with Crippen molar-refractivity contribution < 1.29 is 0 Å². The fourth-order valence-corrected chi connectivity index (χ4v) is 14.0. The molecule has 2 saturated carbocycles. The van der Waals surface area contributed by atoms with Crippen LogP contribution >= 0.6 is 11.3 Å². The first-order valence-electron chi connectivity index (χ1n) is 24.5. The SMILES string of the molecule is CCCCC1(N(C)C)CCC(c2[nH]c3ccccc3c2C)(c2c(C)c3ccccc3n2C)CC1.Cc1c(C2(c3cccs3)CCC(Cc3ccccc3)(N(C)C)CC2)[nH]c2ccccc12. The van der Waals surface area contributed by atoms with Gasteiger partial charge in [-0.2, -0.15) is 0 Å². The molecule has 5 nitrogen and oxygen atoms in total. The third-order valence-electron chi connectivity index (χ3n) is 17.0. The van der Waals surface area contributed by atoms with Crippen LogP contribution < -0.4 is 0 Å². The highest BCUT2D eigenvalue weighted by atomic mass is 32.1. The van der Waals surface area contributed by atoms with Crippen molar-refractivity contribution in [3.63, 3.8) is 0 Å². The first-order valence-corrected chi connectivity index (χ1v) is 25.4. The fraction of sp³-hybridized carbons (Fsp3) is 0.424. The molecule has 10 rings (SSSR count). The Morgan fingerprint density at radius 2 is 1.06 bits per heavy atom. The number of aromatic amines is 2. The molecule has 2 aliphatic rings. The van der Waals surface area contributed by atoms with Gasteiger partial charge in [0, 0.05) is 78.2 Å². The Hall–Kier alpha value is -4.88. The summed E-state index contributed by atoms with van der Waals surface area (Å²) in [5.74, 6) is 0. The minimum absolute atomic E-state index is 0.00726. The summed E-state index contributed by atoms with van der Waals surface area (Å²) in [6.45, 7) is 9.31. The van der Waals surface area contributed by atoms with E-state index >= 15 is 0 Å². The zero-order chi connectivity index (χ0) is 45.6. The van der Waals surface area contributed by atoms with Crippen molar-refractivity contribution in [1.82, 2.24) is 24.3 Å². The van der Waals surface area contributed by atoms with E-state index in [1.165, 1.54) is 148 Å². The molecule has 8 aromatic rings. The van der Waals surface area contributed by atoms with Gasteiger partial charge in [0.05, 0.1) is 5.41 Å². The van der Waals surface area contributed by atoms with Crippen LogP contribution in [0.2, 0.25) is 0 Å².